The van der Waals surface area contributed by atoms with Gasteiger partial charge in [-0.1, -0.05) is 20.3 Å². The van der Waals surface area contributed by atoms with E-state index in [4.69, 9.17) is 11.5 Å². The van der Waals surface area contributed by atoms with Crippen molar-refractivity contribution in [2.24, 2.45) is 17.4 Å². The Morgan fingerprint density at radius 3 is 2.20 bits per heavy atom. The first-order valence-corrected chi connectivity index (χ1v) is 11.1. The third kappa shape index (κ3) is 11.0. The molecule has 0 aliphatic carbocycles. The van der Waals surface area contributed by atoms with Gasteiger partial charge in [0.05, 0.1) is 12.6 Å². The van der Waals surface area contributed by atoms with Gasteiger partial charge in [0.1, 0.15) is 12.1 Å². The van der Waals surface area contributed by atoms with E-state index in [0.29, 0.717) is 18.6 Å². The molecule has 0 aromatic heterocycles. The number of carboxylic acids is 1. The number of carboxylic acid groups (broad SMARTS) is 1. The zero-order valence-electron chi connectivity index (χ0n) is 17.6. The van der Waals surface area contributed by atoms with Crippen LogP contribution in [0.4, 0.5) is 0 Å². The summed E-state index contributed by atoms with van der Waals surface area (Å²) in [5, 5.41) is 16.4. The molecule has 0 saturated heterocycles. The lowest BCUT2D eigenvalue weighted by Crippen LogP contribution is -2.54. The summed E-state index contributed by atoms with van der Waals surface area (Å²) in [6.07, 6.45) is 2.61. The van der Waals surface area contributed by atoms with Crippen LogP contribution in [0, 0.1) is 5.92 Å². The summed E-state index contributed by atoms with van der Waals surface area (Å²) in [6.45, 7) is 3.00. The number of primary amides is 1. The van der Waals surface area contributed by atoms with Crippen LogP contribution >= 0.6 is 11.8 Å². The van der Waals surface area contributed by atoms with Gasteiger partial charge in [0.2, 0.25) is 23.6 Å². The highest BCUT2D eigenvalue weighted by Gasteiger charge is 2.27. The molecule has 0 aromatic rings. The van der Waals surface area contributed by atoms with E-state index in [9.17, 15) is 29.1 Å². The van der Waals surface area contributed by atoms with Gasteiger partial charge < -0.3 is 32.5 Å². The van der Waals surface area contributed by atoms with E-state index < -0.39 is 54.3 Å². The fraction of sp³-hybridized carbons (Fsp3) is 0.722. The van der Waals surface area contributed by atoms with Crippen LogP contribution in [0.3, 0.4) is 0 Å². The fourth-order valence-electron chi connectivity index (χ4n) is 2.41. The Morgan fingerprint density at radius 2 is 1.70 bits per heavy atom. The van der Waals surface area contributed by atoms with E-state index in [1.807, 2.05) is 6.26 Å². The number of carbonyl (C=O) groups is 5. The Balaban J connectivity index is 4.90. The van der Waals surface area contributed by atoms with Crippen molar-refractivity contribution in [1.29, 1.82) is 0 Å². The monoisotopic (exact) mass is 447 g/mol. The Kier molecular flexibility index (Phi) is 13.5. The first-order chi connectivity index (χ1) is 14.0. The van der Waals surface area contributed by atoms with E-state index in [1.54, 1.807) is 13.8 Å². The van der Waals surface area contributed by atoms with E-state index in [-0.39, 0.29) is 18.8 Å². The summed E-state index contributed by atoms with van der Waals surface area (Å²) < 4.78 is 0. The fourth-order valence-corrected chi connectivity index (χ4v) is 2.90. The first kappa shape index (κ1) is 27.7. The zero-order chi connectivity index (χ0) is 23.3. The molecule has 0 radical (unpaired) electrons. The molecule has 4 unspecified atom stereocenters. The minimum atomic E-state index is -1.17. The Bertz CT molecular complexity index is 618. The van der Waals surface area contributed by atoms with Crippen LogP contribution in [0.15, 0.2) is 0 Å². The SMILES string of the molecule is CCC(C)C(NC(=O)CNC(=O)C(CCC(N)=O)NC(=O)C(N)CCSC)C(=O)O. The highest BCUT2D eigenvalue weighted by atomic mass is 32.2. The number of nitrogens with two attached hydrogens (primary N) is 2. The molecular weight excluding hydrogens is 414 g/mol. The van der Waals surface area contributed by atoms with Crippen LogP contribution < -0.4 is 27.4 Å². The maximum absolute atomic E-state index is 12.4. The Labute approximate surface area is 180 Å². The molecule has 0 spiro atoms. The van der Waals surface area contributed by atoms with E-state index >= 15 is 0 Å². The molecule has 0 saturated carbocycles. The molecule has 0 aliphatic rings. The van der Waals surface area contributed by atoms with Gasteiger partial charge in [0.15, 0.2) is 0 Å². The molecule has 30 heavy (non-hydrogen) atoms. The molecule has 0 bridgehead atoms. The lowest BCUT2D eigenvalue weighted by Gasteiger charge is -2.22. The quantitative estimate of drug-likeness (QED) is 0.175. The van der Waals surface area contributed by atoms with Crippen molar-refractivity contribution in [3.8, 4) is 0 Å². The number of nitrogens with one attached hydrogen (secondary N) is 3. The van der Waals surface area contributed by atoms with Crippen molar-refractivity contribution in [1.82, 2.24) is 16.0 Å². The summed E-state index contributed by atoms with van der Waals surface area (Å²) in [4.78, 5) is 59.0. The molecule has 4 amide bonds. The van der Waals surface area contributed by atoms with Crippen molar-refractivity contribution >= 4 is 41.4 Å². The minimum absolute atomic E-state index is 0.0611. The Hall–Kier alpha value is -2.34. The zero-order valence-corrected chi connectivity index (χ0v) is 18.4. The molecule has 8 N–H and O–H groups in total. The summed E-state index contributed by atoms with van der Waals surface area (Å²) in [5.41, 5.74) is 10.9. The molecule has 0 rings (SSSR count). The number of hydrogen-bond donors (Lipinski definition) is 6. The number of thioether (sulfide) groups is 1. The molecule has 0 fully saturated rings. The van der Waals surface area contributed by atoms with Gasteiger partial charge in [-0.3, -0.25) is 19.2 Å². The predicted molar refractivity (Wildman–Crippen MR) is 113 cm³/mol. The molecule has 0 aromatic carbocycles. The van der Waals surface area contributed by atoms with Crippen molar-refractivity contribution < 1.29 is 29.1 Å². The summed E-state index contributed by atoms with van der Waals surface area (Å²) >= 11 is 1.52. The topological polar surface area (TPSA) is 194 Å². The summed E-state index contributed by atoms with van der Waals surface area (Å²) in [6, 6.07) is -3.02. The van der Waals surface area contributed by atoms with Gasteiger partial charge in [-0.2, -0.15) is 11.8 Å². The van der Waals surface area contributed by atoms with Crippen LogP contribution in [0.5, 0.6) is 0 Å². The standard InChI is InChI=1S/C18H33N5O6S/c1-4-10(2)15(18(28)29)23-14(25)9-21-17(27)12(5-6-13(20)24)22-16(26)11(19)7-8-30-3/h10-12,15H,4-9,19H2,1-3H3,(H2,20,24)(H,21,27)(H,22,26)(H,23,25)(H,28,29). The number of rotatable bonds is 15. The second kappa shape index (κ2) is 14.6. The van der Waals surface area contributed by atoms with Crippen molar-refractivity contribution in [2.75, 3.05) is 18.6 Å². The predicted octanol–water partition coefficient (Wildman–Crippen LogP) is -1.45. The van der Waals surface area contributed by atoms with Gasteiger partial charge in [-0.15, -0.1) is 0 Å². The minimum Gasteiger partial charge on any atom is -0.480 e. The van der Waals surface area contributed by atoms with Gasteiger partial charge >= 0.3 is 5.97 Å². The summed E-state index contributed by atoms with van der Waals surface area (Å²) in [7, 11) is 0. The second-order valence-corrected chi connectivity index (χ2v) is 7.93. The van der Waals surface area contributed by atoms with Crippen LogP contribution in [-0.4, -0.2) is 71.4 Å². The third-order valence-electron chi connectivity index (χ3n) is 4.50. The van der Waals surface area contributed by atoms with Crippen molar-refractivity contribution in [3.05, 3.63) is 0 Å². The van der Waals surface area contributed by atoms with E-state index in [1.165, 1.54) is 11.8 Å². The van der Waals surface area contributed by atoms with Gasteiger partial charge in [-0.25, -0.2) is 4.79 Å². The van der Waals surface area contributed by atoms with Crippen LogP contribution in [0.1, 0.15) is 39.5 Å². The molecule has 11 nitrogen and oxygen atoms in total. The normalized spacial score (nSPS) is 14.7. The second-order valence-electron chi connectivity index (χ2n) is 6.94. The van der Waals surface area contributed by atoms with Gasteiger partial charge in [0, 0.05) is 6.42 Å². The lowest BCUT2D eigenvalue weighted by atomic mass is 9.99. The van der Waals surface area contributed by atoms with Crippen molar-refractivity contribution in [3.63, 3.8) is 0 Å². The maximum atomic E-state index is 12.4. The molecule has 4 atom stereocenters. The van der Waals surface area contributed by atoms with E-state index in [2.05, 4.69) is 16.0 Å². The smallest absolute Gasteiger partial charge is 0.326 e. The first-order valence-electron chi connectivity index (χ1n) is 9.66. The number of aliphatic carboxylic acids is 1. The molecular formula is C18H33N5O6S. The Morgan fingerprint density at radius 1 is 1.07 bits per heavy atom. The van der Waals surface area contributed by atoms with Crippen LogP contribution in [0.25, 0.3) is 0 Å². The number of carbonyl (C=O) groups excluding carboxylic acids is 4. The molecule has 172 valence electrons. The number of hydrogen-bond acceptors (Lipinski definition) is 7. The van der Waals surface area contributed by atoms with Crippen LogP contribution in [-0.2, 0) is 24.0 Å². The van der Waals surface area contributed by atoms with Crippen molar-refractivity contribution in [2.45, 2.75) is 57.7 Å². The average molecular weight is 448 g/mol. The average Bonchev–Trinajstić information content (AvgIpc) is 2.69. The van der Waals surface area contributed by atoms with Gasteiger partial charge in [-0.05, 0) is 30.8 Å². The highest BCUT2D eigenvalue weighted by Crippen LogP contribution is 2.07. The molecule has 12 heteroatoms. The van der Waals surface area contributed by atoms with E-state index in [0.717, 1.165) is 0 Å². The molecule has 0 aliphatic heterocycles. The maximum Gasteiger partial charge on any atom is 0.326 e. The summed E-state index contributed by atoms with van der Waals surface area (Å²) in [5.74, 6) is -3.40. The van der Waals surface area contributed by atoms with Crippen LogP contribution in [0.2, 0.25) is 0 Å². The largest absolute Gasteiger partial charge is 0.480 e. The van der Waals surface area contributed by atoms with Gasteiger partial charge in [0.25, 0.3) is 0 Å². The lowest BCUT2D eigenvalue weighted by molar-refractivity contribution is -0.143. The molecule has 0 heterocycles. The highest BCUT2D eigenvalue weighted by molar-refractivity contribution is 7.98. The third-order valence-corrected chi connectivity index (χ3v) is 5.14. The number of amides is 4.